The third-order valence-corrected chi connectivity index (χ3v) is 27.5. The van der Waals surface area contributed by atoms with Crippen molar-refractivity contribution in [1.29, 1.82) is 0 Å². The first kappa shape index (κ1) is 20.4. The van der Waals surface area contributed by atoms with Gasteiger partial charge in [-0.2, -0.15) is 0 Å². The molecule has 0 N–H and O–H groups in total. The van der Waals surface area contributed by atoms with E-state index in [-0.39, 0.29) is 0.849 Å². The number of hydrogen-bond acceptors (Lipinski definition) is 3. The Morgan fingerprint density at radius 1 is 0.577 bits per heavy atom. The van der Waals surface area contributed by atoms with Gasteiger partial charge in [0, 0.05) is 0 Å². The van der Waals surface area contributed by atoms with Crippen LogP contribution in [0.15, 0.2) is 84.9 Å². The van der Waals surface area contributed by atoms with Crippen molar-refractivity contribution in [3.63, 3.8) is 0 Å². The van der Waals surface area contributed by atoms with Gasteiger partial charge in [0.05, 0.1) is 0 Å². The van der Waals surface area contributed by atoms with Crippen LogP contribution in [0.3, 0.4) is 0 Å². The van der Waals surface area contributed by atoms with Crippen LogP contribution < -0.4 is 72.4 Å². The molecular formula is C19H17I3O3P-3. The number of para-hydroxylation sites is 3. The predicted molar refractivity (Wildman–Crippen MR) is 92.9 cm³/mol. The van der Waals surface area contributed by atoms with Crippen LogP contribution in [-0.2, 0) is 0 Å². The van der Waals surface area contributed by atoms with E-state index >= 15 is 0 Å². The van der Waals surface area contributed by atoms with Crippen molar-refractivity contribution in [2.45, 2.75) is 6.92 Å². The minimum absolute atomic E-state index is 0.281. The average Bonchev–Trinajstić information content (AvgIpc) is 2.70. The van der Waals surface area contributed by atoms with Crippen LogP contribution in [0.4, 0.5) is 0 Å². The van der Waals surface area contributed by atoms with Gasteiger partial charge in [0.25, 0.3) is 0 Å². The maximum atomic E-state index is 6.21. The van der Waals surface area contributed by atoms with Crippen LogP contribution in [0.5, 0.6) is 17.2 Å². The molecule has 0 bridgehead atoms. The molecular weight excluding hydrogens is 688 g/mol. The molecule has 7 heteroatoms. The molecule has 0 amide bonds. The van der Waals surface area contributed by atoms with Gasteiger partial charge >= 0.3 is 188 Å². The van der Waals surface area contributed by atoms with E-state index in [1.807, 2.05) is 72.8 Å². The molecule has 0 fully saturated rings. The van der Waals surface area contributed by atoms with E-state index < -0.39 is 63.2 Å². The van der Waals surface area contributed by atoms with Gasteiger partial charge in [-0.3, -0.25) is 0 Å². The molecule has 0 aromatic heterocycles. The van der Waals surface area contributed by atoms with Crippen molar-refractivity contribution in [3.05, 3.63) is 90.5 Å². The van der Waals surface area contributed by atoms with Gasteiger partial charge in [0.15, 0.2) is 0 Å². The van der Waals surface area contributed by atoms with Crippen LogP contribution in [0.2, 0.25) is 0 Å². The van der Waals surface area contributed by atoms with Crippen molar-refractivity contribution >= 4 is 0.849 Å². The average molecular weight is 705 g/mol. The summed E-state index contributed by atoms with van der Waals surface area (Å²) in [6.07, 6.45) is 0. The van der Waals surface area contributed by atoms with Crippen LogP contribution in [0.25, 0.3) is 0 Å². The summed E-state index contributed by atoms with van der Waals surface area (Å²) in [6.45, 7) is 2.09. The standard InChI is InChI=1S/C19H17I3O3P/c1-16-10-8-9-15-19(16)25-22-26(20-23-17-11-4-2-5-12-17)21-24-18-13-6-3-7-14-18/h2-15H,1H3/q-3. The fourth-order valence-corrected chi connectivity index (χ4v) is 19.9. The van der Waals surface area contributed by atoms with E-state index in [1.54, 1.807) is 0 Å². The molecule has 26 heavy (non-hydrogen) atoms. The molecule has 140 valence electrons. The Labute approximate surface area is 186 Å². The summed E-state index contributed by atoms with van der Waals surface area (Å²) in [5.74, 6) is 2.91. The van der Waals surface area contributed by atoms with Crippen molar-refractivity contribution < 1.29 is 72.4 Å². The third-order valence-electron chi connectivity index (χ3n) is 3.10. The molecule has 0 aliphatic carbocycles. The fraction of sp³-hybridized carbons (Fsp3) is 0.0526. The zero-order valence-electron chi connectivity index (χ0n) is 13.9. The van der Waals surface area contributed by atoms with Crippen molar-refractivity contribution in [2.75, 3.05) is 0 Å². The van der Waals surface area contributed by atoms with Gasteiger partial charge in [-0.1, -0.05) is 0 Å². The normalized spacial score (nSPS) is 11.0. The van der Waals surface area contributed by atoms with E-state index in [9.17, 15) is 0 Å². The summed E-state index contributed by atoms with van der Waals surface area (Å²) in [4.78, 5) is 0. The van der Waals surface area contributed by atoms with Gasteiger partial charge in [-0.15, -0.1) is 0 Å². The van der Waals surface area contributed by atoms with Crippen LogP contribution in [0, 0.1) is 6.92 Å². The molecule has 3 rings (SSSR count). The summed E-state index contributed by atoms with van der Waals surface area (Å²) >= 11 is -1.25. The first-order valence-corrected chi connectivity index (χ1v) is 20.1. The molecule has 0 aliphatic rings. The van der Waals surface area contributed by atoms with Gasteiger partial charge in [0.2, 0.25) is 0 Å². The second kappa shape index (κ2) is 11.5. The second-order valence-corrected chi connectivity index (χ2v) is 36.0. The van der Waals surface area contributed by atoms with Crippen LogP contribution in [0.1, 0.15) is 5.56 Å². The summed E-state index contributed by atoms with van der Waals surface area (Å²) in [6, 6.07) is 28.3. The molecule has 3 aromatic carbocycles. The molecule has 0 atom stereocenters. The van der Waals surface area contributed by atoms with E-state index in [0.29, 0.717) is 0 Å². The van der Waals surface area contributed by atoms with Gasteiger partial charge in [-0.25, -0.2) is 0 Å². The molecule has 3 aromatic rings. The van der Waals surface area contributed by atoms with E-state index in [2.05, 4.69) is 19.1 Å². The van der Waals surface area contributed by atoms with Crippen molar-refractivity contribution in [2.24, 2.45) is 0 Å². The monoisotopic (exact) mass is 705 g/mol. The van der Waals surface area contributed by atoms with E-state index in [0.717, 1.165) is 17.2 Å². The summed E-state index contributed by atoms with van der Waals surface area (Å²) < 4.78 is 18.1. The number of halogens is 3. The molecule has 0 radical (unpaired) electrons. The number of benzene rings is 3. The zero-order chi connectivity index (χ0) is 18.0. The van der Waals surface area contributed by atoms with Crippen molar-refractivity contribution in [1.82, 2.24) is 0 Å². The third kappa shape index (κ3) is 7.01. The topological polar surface area (TPSA) is 27.7 Å². The minimum atomic E-state index is -0.421. The first-order chi connectivity index (χ1) is 12.8. The van der Waals surface area contributed by atoms with Gasteiger partial charge in [0.1, 0.15) is 0 Å². The Morgan fingerprint density at radius 2 is 1.04 bits per heavy atom. The molecule has 0 aliphatic heterocycles. The SMILES string of the molecule is Cc1ccccc1O[I-]P([I-]Oc1ccccc1)[I-]Oc1ccccc1. The predicted octanol–water partition coefficient (Wildman–Crippen LogP) is -3.23. The second-order valence-electron chi connectivity index (χ2n) is 5.02. The van der Waals surface area contributed by atoms with E-state index in [4.69, 9.17) is 9.20 Å². The molecule has 0 unspecified atom stereocenters. The quantitative estimate of drug-likeness (QED) is 0.174. The maximum absolute atomic E-state index is 6.21. The Bertz CT molecular complexity index is 747. The summed E-state index contributed by atoms with van der Waals surface area (Å²) in [5.41, 5.74) is 1.19. The van der Waals surface area contributed by atoms with Crippen molar-refractivity contribution in [3.8, 4) is 17.2 Å². The molecule has 0 heterocycles. The van der Waals surface area contributed by atoms with Gasteiger partial charge < -0.3 is 0 Å². The molecule has 3 nitrogen and oxygen atoms in total. The Kier molecular flexibility index (Phi) is 9.04. The van der Waals surface area contributed by atoms with Crippen LogP contribution in [-0.4, -0.2) is 0 Å². The fourth-order valence-electron chi connectivity index (χ4n) is 1.81. The zero-order valence-corrected chi connectivity index (χ0v) is 21.3. The molecule has 0 spiro atoms. The number of aryl methyl sites for hydroxylation is 1. The number of hydrogen-bond donors (Lipinski definition) is 0. The Morgan fingerprint density at radius 3 is 1.58 bits per heavy atom. The first-order valence-electron chi connectivity index (χ1n) is 7.73. The Hall–Kier alpha value is -0.320. The number of rotatable bonds is 9. The molecule has 0 saturated heterocycles. The summed E-state index contributed by atoms with van der Waals surface area (Å²) in [5, 5.41) is 0. The Balaban J connectivity index is 1.59. The summed E-state index contributed by atoms with van der Waals surface area (Å²) in [7, 11) is 0. The van der Waals surface area contributed by atoms with Crippen LogP contribution >= 0.6 is 0.849 Å². The van der Waals surface area contributed by atoms with Gasteiger partial charge in [-0.05, 0) is 0 Å². The molecule has 0 saturated carbocycles. The van der Waals surface area contributed by atoms with E-state index in [1.165, 1.54) is 5.56 Å².